The predicted octanol–water partition coefficient (Wildman–Crippen LogP) is 4.12. The average molecular weight is 457 g/mol. The normalized spacial score (nSPS) is 14.8. The highest BCUT2D eigenvalue weighted by atomic mass is 16.5. The Morgan fingerprint density at radius 1 is 0.941 bits per heavy atom. The zero-order chi connectivity index (χ0) is 23.5. The Labute approximate surface area is 201 Å². The van der Waals surface area contributed by atoms with Crippen LogP contribution in [0.2, 0.25) is 0 Å². The summed E-state index contributed by atoms with van der Waals surface area (Å²) in [6.45, 7) is 8.71. The smallest absolute Gasteiger partial charge is 0.168 e. The van der Waals surface area contributed by atoms with Gasteiger partial charge in [0.15, 0.2) is 5.65 Å². The van der Waals surface area contributed by atoms with Gasteiger partial charge in [0.1, 0.15) is 17.9 Å². The van der Waals surface area contributed by atoms with Crippen molar-refractivity contribution in [3.8, 4) is 16.9 Å². The minimum Gasteiger partial charge on any atom is -0.496 e. The van der Waals surface area contributed by atoms with Gasteiger partial charge in [-0.1, -0.05) is 18.2 Å². The summed E-state index contributed by atoms with van der Waals surface area (Å²) in [6.07, 6.45) is 5.51. The Bertz CT molecular complexity index is 1240. The average Bonchev–Trinajstić information content (AvgIpc) is 3.38. The Hall–Kier alpha value is -3.45. The molecule has 0 radical (unpaired) electrons. The van der Waals surface area contributed by atoms with Crippen LogP contribution in [0, 0.1) is 0 Å². The van der Waals surface area contributed by atoms with E-state index in [0.29, 0.717) is 6.04 Å². The molecular formula is C27H32N6O. The molecule has 7 heteroatoms. The molecule has 0 unspecified atom stereocenters. The maximum Gasteiger partial charge on any atom is 0.168 e. The Morgan fingerprint density at radius 2 is 1.76 bits per heavy atom. The Balaban J connectivity index is 1.33. The lowest BCUT2D eigenvalue weighted by Crippen LogP contribution is -2.49. The fraction of sp³-hybridized carbons (Fsp3) is 0.370. The van der Waals surface area contributed by atoms with E-state index in [-0.39, 0.29) is 0 Å². The number of methoxy groups -OCH3 is 1. The second-order valence-corrected chi connectivity index (χ2v) is 9.10. The molecule has 7 nitrogen and oxygen atoms in total. The maximum absolute atomic E-state index is 5.51. The number of aromatic nitrogens is 4. The fourth-order valence-electron chi connectivity index (χ4n) is 4.76. The zero-order valence-electron chi connectivity index (χ0n) is 20.2. The molecule has 0 bridgehead atoms. The standard InChI is InChI=1S/C27H32N6O/c1-20(2)31-14-16-32(17-15-31)26-13-9-22(18-28-26)24-12-11-23(33-19-29-30-27(24)33)10-8-21-6-4-5-7-25(21)34-3/h4-7,9,11-13,18-20H,8,10,14-17H2,1-3H3. The van der Waals surface area contributed by atoms with Gasteiger partial charge in [0.05, 0.1) is 7.11 Å². The highest BCUT2D eigenvalue weighted by Gasteiger charge is 2.20. The molecule has 0 amide bonds. The highest BCUT2D eigenvalue weighted by Crippen LogP contribution is 2.27. The largest absolute Gasteiger partial charge is 0.496 e. The molecule has 1 aliphatic rings. The Morgan fingerprint density at radius 3 is 2.50 bits per heavy atom. The van der Waals surface area contributed by atoms with Crippen LogP contribution in [0.5, 0.6) is 5.75 Å². The molecule has 3 aromatic heterocycles. The summed E-state index contributed by atoms with van der Waals surface area (Å²) in [5.41, 5.74) is 5.32. The van der Waals surface area contributed by atoms with Crippen molar-refractivity contribution in [1.29, 1.82) is 0 Å². The van der Waals surface area contributed by atoms with Gasteiger partial charge in [-0.05, 0) is 62.6 Å². The van der Waals surface area contributed by atoms with Crippen molar-refractivity contribution in [2.24, 2.45) is 0 Å². The molecule has 5 rings (SSSR count). The molecule has 1 saturated heterocycles. The number of nitrogens with zero attached hydrogens (tertiary/aromatic N) is 6. The molecule has 34 heavy (non-hydrogen) atoms. The van der Waals surface area contributed by atoms with Gasteiger partial charge in [-0.25, -0.2) is 4.98 Å². The molecule has 4 aromatic rings. The van der Waals surface area contributed by atoms with Crippen molar-refractivity contribution in [2.45, 2.75) is 32.7 Å². The number of hydrogen-bond acceptors (Lipinski definition) is 6. The van der Waals surface area contributed by atoms with Crippen molar-refractivity contribution in [1.82, 2.24) is 24.5 Å². The molecular weight excluding hydrogens is 424 g/mol. The van der Waals surface area contributed by atoms with Gasteiger partial charge in [0.2, 0.25) is 0 Å². The van der Waals surface area contributed by atoms with Crippen LogP contribution in [-0.2, 0) is 12.8 Å². The molecule has 176 valence electrons. The summed E-state index contributed by atoms with van der Waals surface area (Å²) in [5.74, 6) is 1.97. The number of fused-ring (bicyclic) bond motifs is 1. The summed E-state index contributed by atoms with van der Waals surface area (Å²) in [5, 5.41) is 8.63. The molecule has 0 aliphatic carbocycles. The van der Waals surface area contributed by atoms with E-state index in [4.69, 9.17) is 9.72 Å². The van der Waals surface area contributed by atoms with E-state index >= 15 is 0 Å². The number of pyridine rings is 2. The summed E-state index contributed by atoms with van der Waals surface area (Å²) in [6, 6.07) is 17.4. The van der Waals surface area contributed by atoms with Gasteiger partial charge in [0, 0.05) is 55.2 Å². The number of aryl methyl sites for hydroxylation is 2. The van der Waals surface area contributed by atoms with Crippen molar-refractivity contribution in [2.75, 3.05) is 38.2 Å². The van der Waals surface area contributed by atoms with Gasteiger partial charge in [-0.15, -0.1) is 10.2 Å². The van der Waals surface area contributed by atoms with Gasteiger partial charge in [-0.2, -0.15) is 0 Å². The van der Waals surface area contributed by atoms with Crippen molar-refractivity contribution in [3.05, 3.63) is 72.3 Å². The van der Waals surface area contributed by atoms with E-state index < -0.39 is 0 Å². The minimum atomic E-state index is 0.598. The first-order valence-corrected chi connectivity index (χ1v) is 12.0. The Kier molecular flexibility index (Phi) is 6.45. The van der Waals surface area contributed by atoms with E-state index in [0.717, 1.165) is 67.4 Å². The van der Waals surface area contributed by atoms with Crippen LogP contribution in [0.25, 0.3) is 16.8 Å². The van der Waals surface area contributed by atoms with E-state index in [1.807, 2.05) is 18.3 Å². The fourth-order valence-corrected chi connectivity index (χ4v) is 4.76. The maximum atomic E-state index is 5.51. The summed E-state index contributed by atoms with van der Waals surface area (Å²) < 4.78 is 7.60. The minimum absolute atomic E-state index is 0.598. The number of ether oxygens (including phenoxy) is 1. The number of rotatable bonds is 7. The number of para-hydroxylation sites is 1. The third-order valence-corrected chi connectivity index (χ3v) is 6.81. The number of anilines is 1. The van der Waals surface area contributed by atoms with Crippen LogP contribution < -0.4 is 9.64 Å². The van der Waals surface area contributed by atoms with Crippen LogP contribution in [0.1, 0.15) is 25.1 Å². The van der Waals surface area contributed by atoms with Crippen LogP contribution >= 0.6 is 0 Å². The van der Waals surface area contributed by atoms with E-state index in [1.54, 1.807) is 13.4 Å². The predicted molar refractivity (Wildman–Crippen MR) is 136 cm³/mol. The van der Waals surface area contributed by atoms with Crippen molar-refractivity contribution >= 4 is 11.5 Å². The topological polar surface area (TPSA) is 58.8 Å². The quantitative estimate of drug-likeness (QED) is 0.417. The second kappa shape index (κ2) is 9.81. The van der Waals surface area contributed by atoms with E-state index in [2.05, 4.69) is 74.6 Å². The lowest BCUT2D eigenvalue weighted by Gasteiger charge is -2.37. The van der Waals surface area contributed by atoms with Crippen molar-refractivity contribution in [3.63, 3.8) is 0 Å². The number of hydrogen-bond donors (Lipinski definition) is 0. The molecule has 0 spiro atoms. The van der Waals surface area contributed by atoms with Gasteiger partial charge in [0.25, 0.3) is 0 Å². The molecule has 0 saturated carbocycles. The lowest BCUT2D eigenvalue weighted by atomic mass is 10.0. The summed E-state index contributed by atoms with van der Waals surface area (Å²) >= 11 is 0. The highest BCUT2D eigenvalue weighted by molar-refractivity contribution is 5.77. The molecule has 1 aliphatic heterocycles. The zero-order valence-corrected chi connectivity index (χ0v) is 20.2. The van der Waals surface area contributed by atoms with E-state index in [9.17, 15) is 0 Å². The van der Waals surface area contributed by atoms with Crippen molar-refractivity contribution < 1.29 is 4.74 Å². The van der Waals surface area contributed by atoms with E-state index in [1.165, 1.54) is 11.3 Å². The van der Waals surface area contributed by atoms with Gasteiger partial charge in [-0.3, -0.25) is 9.30 Å². The summed E-state index contributed by atoms with van der Waals surface area (Å²) in [4.78, 5) is 9.68. The van der Waals surface area contributed by atoms with Gasteiger partial charge < -0.3 is 9.64 Å². The third-order valence-electron chi connectivity index (χ3n) is 6.81. The lowest BCUT2D eigenvalue weighted by molar-refractivity contribution is 0.209. The van der Waals surface area contributed by atoms with Crippen LogP contribution in [0.4, 0.5) is 5.82 Å². The SMILES string of the molecule is COc1ccccc1CCc1ccc(-c2ccc(N3CCN(C(C)C)CC3)nc2)c2nncn12. The van der Waals surface area contributed by atoms with Crippen LogP contribution in [0.15, 0.2) is 61.1 Å². The third kappa shape index (κ3) is 4.48. The first-order valence-electron chi connectivity index (χ1n) is 12.0. The summed E-state index contributed by atoms with van der Waals surface area (Å²) in [7, 11) is 1.72. The molecule has 0 atom stereocenters. The molecule has 1 aromatic carbocycles. The molecule has 0 N–H and O–H groups in total. The molecule has 1 fully saturated rings. The second-order valence-electron chi connectivity index (χ2n) is 9.10. The monoisotopic (exact) mass is 456 g/mol. The first-order chi connectivity index (χ1) is 16.6. The first kappa shape index (κ1) is 22.3. The molecule has 4 heterocycles. The van der Waals surface area contributed by atoms with Gasteiger partial charge >= 0.3 is 0 Å². The van der Waals surface area contributed by atoms with Crippen LogP contribution in [0.3, 0.4) is 0 Å². The van der Waals surface area contributed by atoms with Crippen LogP contribution in [-0.4, -0.2) is 63.8 Å². The number of piperazine rings is 1. The number of benzene rings is 1.